The van der Waals surface area contributed by atoms with E-state index in [0.717, 1.165) is 51.6 Å². The highest BCUT2D eigenvalue weighted by molar-refractivity contribution is 5.88. The molecule has 0 aliphatic carbocycles. The van der Waals surface area contributed by atoms with Crippen LogP contribution in [0.3, 0.4) is 0 Å². The smallest absolute Gasteiger partial charge is 0.311 e. The molecule has 78 heavy (non-hydrogen) atoms. The molecule has 2 saturated heterocycles. The lowest BCUT2D eigenvalue weighted by molar-refractivity contribution is -0.158. The van der Waals surface area contributed by atoms with E-state index in [1.807, 2.05) is 55.4 Å². The predicted molar refractivity (Wildman–Crippen MR) is 322 cm³/mol. The Balaban J connectivity index is -0.000000270. The van der Waals surface area contributed by atoms with Gasteiger partial charge in [-0.05, 0) is 97.3 Å². The van der Waals surface area contributed by atoms with Crippen molar-refractivity contribution in [1.82, 2.24) is 6.15 Å². The number of aliphatic hydroxyl groups excluding tert-OH is 2. The Labute approximate surface area is 479 Å². The van der Waals surface area contributed by atoms with Crippen LogP contribution in [0.2, 0.25) is 0 Å². The molecule has 9 unspecified atom stereocenters. The summed E-state index contributed by atoms with van der Waals surface area (Å²) in [5, 5.41) is 18.1. The number of nitrogens with two attached hydrogens (primary N) is 3. The first-order valence-electron chi connectivity index (χ1n) is 27.5. The third kappa shape index (κ3) is 37.4. The van der Waals surface area contributed by atoms with Gasteiger partial charge in [-0.15, -0.1) is 0 Å². The molecule has 0 spiro atoms. The van der Waals surface area contributed by atoms with Gasteiger partial charge < -0.3 is 62.0 Å². The van der Waals surface area contributed by atoms with Crippen LogP contribution in [0.4, 0.5) is 0 Å². The van der Waals surface area contributed by atoms with Crippen LogP contribution in [0.5, 0.6) is 0 Å². The minimum absolute atomic E-state index is 0. The normalized spacial score (nSPS) is 18.0. The zero-order chi connectivity index (χ0) is 55.2. The molecule has 11 N–H and O–H groups in total. The maximum Gasteiger partial charge on any atom is 0.311 e. The fourth-order valence-corrected chi connectivity index (χ4v) is 8.65. The third-order valence-corrected chi connectivity index (χ3v) is 14.6. The summed E-state index contributed by atoms with van der Waals surface area (Å²) in [6.07, 6.45) is 11.7. The molecule has 17 heteroatoms. The van der Waals surface area contributed by atoms with E-state index >= 15 is 0 Å². The number of hydrogen-bond acceptors (Lipinski definition) is 16. The Morgan fingerprint density at radius 2 is 1.05 bits per heavy atom. The lowest BCUT2D eigenvalue weighted by Crippen LogP contribution is -2.42. The lowest BCUT2D eigenvalue weighted by Gasteiger charge is -2.39. The van der Waals surface area contributed by atoms with E-state index in [4.69, 9.17) is 55.8 Å². The van der Waals surface area contributed by atoms with Gasteiger partial charge in [-0.3, -0.25) is 24.0 Å². The van der Waals surface area contributed by atoms with Gasteiger partial charge in [0.1, 0.15) is 43.1 Å². The summed E-state index contributed by atoms with van der Waals surface area (Å²) in [5.41, 5.74) is 12.8. The van der Waals surface area contributed by atoms with E-state index in [-0.39, 0.29) is 135 Å². The van der Waals surface area contributed by atoms with Crippen molar-refractivity contribution in [3.63, 3.8) is 0 Å². The molecule has 9 atom stereocenters. The van der Waals surface area contributed by atoms with Crippen molar-refractivity contribution in [3.05, 3.63) is 0 Å². The van der Waals surface area contributed by atoms with Gasteiger partial charge >= 0.3 is 11.9 Å². The second-order valence-corrected chi connectivity index (χ2v) is 23.1. The minimum Gasteiger partial charge on any atom is -0.462 e. The largest absolute Gasteiger partial charge is 0.462 e. The van der Waals surface area contributed by atoms with Gasteiger partial charge in [0.2, 0.25) is 5.91 Å². The van der Waals surface area contributed by atoms with Gasteiger partial charge in [-0.2, -0.15) is 0 Å². The van der Waals surface area contributed by atoms with Crippen molar-refractivity contribution in [2.24, 2.45) is 56.1 Å². The highest BCUT2D eigenvalue weighted by atomic mass is 16.6. The molecule has 17 nitrogen and oxygen atoms in total. The first kappa shape index (κ1) is 89.2. The monoisotopic (exact) mass is 1130 g/mol. The molecule has 0 aromatic rings. The number of primary amides is 1. The quantitative estimate of drug-likeness (QED) is 0.0189. The standard InChI is InChI=1S/C38H67NO8.C9H19NO3.C9H21NO2.5CH4.H3N/c1-9-12-14-19-37(7,18-13-10-2)31(40)16-15-17-32(41)38(8,27-35(4,5)34(43)47-26-30-25-46-30)21-28(22-44-23-29-24-45-29)20-36(6,11-3)33(39)42;1-4-9(2,3)8(12)13-6-7(11)5-10;1-3-4-8(2)6-12-7-9(11)5-10;;;;;;/h28-30H,9-27H2,1-8H3,(H2,39,42);7,11H,4-6,10H2,1-3H3;8-9,11H,3-7,10H2,1-2H3;5*1H4;1H3. The third-order valence-electron chi connectivity index (χ3n) is 14.6. The number of epoxide rings is 2. The van der Waals surface area contributed by atoms with Crippen molar-refractivity contribution < 1.29 is 62.6 Å². The van der Waals surface area contributed by atoms with Crippen LogP contribution >= 0.6 is 0 Å². The van der Waals surface area contributed by atoms with Gasteiger partial charge in [-0.1, -0.05) is 138 Å². The number of carbonyl (C=O) groups excluding carboxylic acids is 5. The zero-order valence-electron chi connectivity index (χ0n) is 48.4. The number of Topliss-reactive ketones (excluding diaryl/α,β-unsaturated/α-hetero) is 2. The van der Waals surface area contributed by atoms with Crippen molar-refractivity contribution >= 4 is 29.4 Å². The second kappa shape index (κ2) is 45.9. The molecule has 0 aromatic heterocycles. The predicted octanol–water partition coefficient (Wildman–Crippen LogP) is 11.5. The Kier molecular flexibility index (Phi) is 52.5. The summed E-state index contributed by atoms with van der Waals surface area (Å²) in [7, 11) is 0. The first-order chi connectivity index (χ1) is 33.7. The van der Waals surface area contributed by atoms with E-state index < -0.39 is 33.9 Å². The van der Waals surface area contributed by atoms with Crippen LogP contribution in [0.15, 0.2) is 0 Å². The van der Waals surface area contributed by atoms with Crippen LogP contribution in [0.25, 0.3) is 0 Å². The van der Waals surface area contributed by atoms with Crippen LogP contribution in [-0.2, 0) is 52.4 Å². The fraction of sp³-hybridized carbons (Fsp3) is 0.918. The van der Waals surface area contributed by atoms with Crippen molar-refractivity contribution in [2.75, 3.05) is 65.9 Å². The van der Waals surface area contributed by atoms with E-state index in [0.29, 0.717) is 77.5 Å². The Morgan fingerprint density at radius 1 is 0.577 bits per heavy atom. The average molecular weight is 1130 g/mol. The minimum atomic E-state index is -0.946. The molecule has 2 fully saturated rings. The summed E-state index contributed by atoms with van der Waals surface area (Å²) < 4.78 is 32.3. The number of carbonyl (C=O) groups is 5. The molecule has 0 radical (unpaired) electrons. The molecule has 0 saturated carbocycles. The number of ether oxygens (including phenoxy) is 6. The molecule has 0 aromatic carbocycles. The maximum atomic E-state index is 14.3. The van der Waals surface area contributed by atoms with E-state index in [9.17, 15) is 24.0 Å². The zero-order valence-corrected chi connectivity index (χ0v) is 48.4. The number of esters is 2. The number of aliphatic hydroxyl groups is 2. The summed E-state index contributed by atoms with van der Waals surface area (Å²) in [6, 6.07) is 0. The van der Waals surface area contributed by atoms with Gasteiger partial charge in [0.05, 0.1) is 43.4 Å². The molecule has 2 aliphatic rings. The number of rotatable bonds is 40. The number of ketones is 2. The van der Waals surface area contributed by atoms with Crippen LogP contribution in [-0.4, -0.2) is 130 Å². The maximum absolute atomic E-state index is 14.3. The highest BCUT2D eigenvalue weighted by Gasteiger charge is 2.46. The van der Waals surface area contributed by atoms with Gasteiger partial charge in [0.25, 0.3) is 0 Å². The summed E-state index contributed by atoms with van der Waals surface area (Å²) in [4.78, 5) is 65.1. The molecule has 2 heterocycles. The van der Waals surface area contributed by atoms with Crippen molar-refractivity contribution in [3.8, 4) is 0 Å². The SMILES string of the molecule is C.C.C.C.C.CCC(C)(C)C(=O)OCC(O)CN.CCCC(C)COCC(O)CN.CCCCCC(C)(CCCC)C(=O)CCCC(=O)C(C)(CC(COCC1CO1)CC(C)(CC)C(N)=O)CC(C)(C)C(=O)OCC1CO1.N. The van der Waals surface area contributed by atoms with Crippen molar-refractivity contribution in [2.45, 2.75) is 261 Å². The Hall–Kier alpha value is -2.61. The van der Waals surface area contributed by atoms with Crippen molar-refractivity contribution in [1.29, 1.82) is 0 Å². The first-order valence-corrected chi connectivity index (χ1v) is 27.5. The molecule has 2 rings (SSSR count). The number of hydrogen-bond donors (Lipinski definition) is 6. The second-order valence-electron chi connectivity index (χ2n) is 23.1. The van der Waals surface area contributed by atoms with E-state index in [1.54, 1.807) is 0 Å². The Morgan fingerprint density at radius 3 is 1.51 bits per heavy atom. The van der Waals surface area contributed by atoms with Gasteiger partial charge in [-0.25, -0.2) is 0 Å². The van der Waals surface area contributed by atoms with Crippen LogP contribution < -0.4 is 23.4 Å². The van der Waals surface area contributed by atoms with Gasteiger partial charge in [0.15, 0.2) is 0 Å². The molecule has 2 aliphatic heterocycles. The van der Waals surface area contributed by atoms with E-state index in [2.05, 4.69) is 34.6 Å². The molecular weight excluding hydrogens is 997 g/mol. The topological polar surface area (TPSA) is 301 Å². The molecule has 472 valence electrons. The van der Waals surface area contributed by atoms with Crippen LogP contribution in [0.1, 0.15) is 236 Å². The highest BCUT2D eigenvalue weighted by Crippen LogP contribution is 2.45. The number of unbranched alkanes of at least 4 members (excludes halogenated alkanes) is 3. The summed E-state index contributed by atoms with van der Waals surface area (Å²) in [6.45, 7) is 29.4. The summed E-state index contributed by atoms with van der Waals surface area (Å²) >= 11 is 0. The summed E-state index contributed by atoms with van der Waals surface area (Å²) in [5.74, 6) is -0.345. The Bertz CT molecular complexity index is 1540. The van der Waals surface area contributed by atoms with Gasteiger partial charge in [0, 0.05) is 55.4 Å². The van der Waals surface area contributed by atoms with E-state index in [1.165, 1.54) is 12.8 Å². The molecular formula is C61H130N4O13. The average Bonchev–Trinajstić information content (AvgIpc) is 4.29. The number of amides is 1. The molecule has 1 amide bonds. The van der Waals surface area contributed by atoms with Crippen LogP contribution in [0, 0.1) is 38.9 Å². The fourth-order valence-electron chi connectivity index (χ4n) is 8.65. The molecule has 0 bridgehead atoms. The lowest BCUT2D eigenvalue weighted by atomic mass is 9.64.